The summed E-state index contributed by atoms with van der Waals surface area (Å²) in [6, 6.07) is 11.7. The van der Waals surface area contributed by atoms with Gasteiger partial charge in [0.05, 0.1) is 4.90 Å². The number of aromatic nitrogens is 1. The molecule has 0 aliphatic heterocycles. The Labute approximate surface area is 143 Å². The number of benzene rings is 2. The molecule has 0 unspecified atom stereocenters. The normalized spacial score (nSPS) is 11.5. The van der Waals surface area contributed by atoms with Crippen LogP contribution < -0.4 is 4.72 Å². The van der Waals surface area contributed by atoms with E-state index in [1.807, 2.05) is 0 Å². The van der Waals surface area contributed by atoms with E-state index in [1.165, 1.54) is 19.1 Å². The number of rotatable bonds is 4. The van der Waals surface area contributed by atoms with E-state index in [1.54, 1.807) is 24.3 Å². The predicted molar refractivity (Wildman–Crippen MR) is 88.9 cm³/mol. The van der Waals surface area contributed by atoms with Crippen LogP contribution in [0.2, 0.25) is 5.02 Å². The molecule has 0 saturated heterocycles. The maximum atomic E-state index is 13.1. The van der Waals surface area contributed by atoms with Gasteiger partial charge in [0.15, 0.2) is 0 Å². The highest BCUT2D eigenvalue weighted by Crippen LogP contribution is 2.25. The number of sulfonamides is 1. The average Bonchev–Trinajstić information content (AvgIpc) is 2.95. The number of nitrogens with zero attached hydrogens (tertiary/aromatic N) is 1. The van der Waals surface area contributed by atoms with Crippen molar-refractivity contribution in [2.24, 2.45) is 0 Å². The lowest BCUT2D eigenvalue weighted by Crippen LogP contribution is -2.13. The Morgan fingerprint density at radius 2 is 1.83 bits per heavy atom. The van der Waals surface area contributed by atoms with Crippen LogP contribution in [0.3, 0.4) is 0 Å². The lowest BCUT2D eigenvalue weighted by molar-refractivity contribution is 0.438. The lowest BCUT2D eigenvalue weighted by Gasteiger charge is -2.07. The van der Waals surface area contributed by atoms with Crippen molar-refractivity contribution in [3.05, 3.63) is 64.9 Å². The number of halogens is 2. The number of aryl methyl sites for hydroxylation is 1. The topological polar surface area (TPSA) is 72.2 Å². The van der Waals surface area contributed by atoms with E-state index in [9.17, 15) is 12.8 Å². The van der Waals surface area contributed by atoms with E-state index in [-0.39, 0.29) is 10.8 Å². The number of hydrogen-bond acceptors (Lipinski definition) is 4. The lowest BCUT2D eigenvalue weighted by atomic mass is 10.1. The molecule has 124 valence electrons. The largest absolute Gasteiger partial charge is 0.337 e. The first-order valence-corrected chi connectivity index (χ1v) is 8.73. The van der Waals surface area contributed by atoms with Crippen LogP contribution in [0.5, 0.6) is 0 Å². The molecule has 0 spiro atoms. The molecule has 5 nitrogen and oxygen atoms in total. The summed E-state index contributed by atoms with van der Waals surface area (Å²) in [5.74, 6) is -0.542. The van der Waals surface area contributed by atoms with Crippen LogP contribution in [-0.2, 0) is 10.0 Å². The van der Waals surface area contributed by atoms with Gasteiger partial charge >= 0.3 is 0 Å². The van der Waals surface area contributed by atoms with E-state index in [0.29, 0.717) is 16.3 Å². The Kier molecular flexibility index (Phi) is 4.29. The second kappa shape index (κ2) is 6.26. The molecule has 2 aromatic carbocycles. The molecule has 24 heavy (non-hydrogen) atoms. The Hall–Kier alpha value is -2.38. The summed E-state index contributed by atoms with van der Waals surface area (Å²) in [4.78, 5) is -0.0339. The van der Waals surface area contributed by atoms with Gasteiger partial charge in [-0.15, -0.1) is 0 Å². The standard InChI is InChI=1S/C16H12ClFN2O3S/c1-10-8-13(18)6-7-15(10)24(21,22)20-16-9-14(19-23-16)11-2-4-12(17)5-3-11/h2-9,20H,1H3. The first-order chi connectivity index (χ1) is 11.3. The molecular formula is C16H12ClFN2O3S. The summed E-state index contributed by atoms with van der Waals surface area (Å²) in [7, 11) is -3.91. The number of anilines is 1. The summed E-state index contributed by atoms with van der Waals surface area (Å²) < 4.78 is 45.2. The van der Waals surface area contributed by atoms with Crippen LogP contribution in [0.25, 0.3) is 11.3 Å². The molecule has 1 N–H and O–H groups in total. The number of nitrogens with one attached hydrogen (secondary N) is 1. The molecule has 0 aliphatic rings. The van der Waals surface area contributed by atoms with Crippen molar-refractivity contribution in [2.45, 2.75) is 11.8 Å². The SMILES string of the molecule is Cc1cc(F)ccc1S(=O)(=O)Nc1cc(-c2ccc(Cl)cc2)no1. The Morgan fingerprint density at radius 3 is 2.50 bits per heavy atom. The molecular weight excluding hydrogens is 355 g/mol. The molecule has 0 saturated carbocycles. The molecule has 8 heteroatoms. The van der Waals surface area contributed by atoms with Crippen LogP contribution >= 0.6 is 11.6 Å². The van der Waals surface area contributed by atoms with Crippen molar-refractivity contribution < 1.29 is 17.3 Å². The maximum Gasteiger partial charge on any atom is 0.264 e. The van der Waals surface area contributed by atoms with E-state index in [4.69, 9.17) is 16.1 Å². The quantitative estimate of drug-likeness (QED) is 0.749. The van der Waals surface area contributed by atoms with Gasteiger partial charge in [-0.1, -0.05) is 28.9 Å². The fraction of sp³-hybridized carbons (Fsp3) is 0.0625. The van der Waals surface area contributed by atoms with Gasteiger partial charge in [0, 0.05) is 16.7 Å². The van der Waals surface area contributed by atoms with E-state index in [2.05, 4.69) is 9.88 Å². The van der Waals surface area contributed by atoms with Crippen molar-refractivity contribution in [1.82, 2.24) is 5.16 Å². The second-order valence-corrected chi connectivity index (χ2v) is 7.19. The third-order valence-electron chi connectivity index (χ3n) is 3.31. The zero-order valence-electron chi connectivity index (χ0n) is 12.5. The van der Waals surface area contributed by atoms with Crippen molar-refractivity contribution in [2.75, 3.05) is 4.72 Å². The highest BCUT2D eigenvalue weighted by Gasteiger charge is 2.19. The number of hydrogen-bond donors (Lipinski definition) is 1. The van der Waals surface area contributed by atoms with Crippen LogP contribution in [0.4, 0.5) is 10.3 Å². The van der Waals surface area contributed by atoms with Gasteiger partial charge in [0.2, 0.25) is 5.88 Å². The van der Waals surface area contributed by atoms with Gasteiger partial charge in [-0.25, -0.2) is 17.5 Å². The molecule has 0 amide bonds. The highest BCUT2D eigenvalue weighted by molar-refractivity contribution is 7.92. The van der Waals surface area contributed by atoms with Crippen molar-refractivity contribution in [3.63, 3.8) is 0 Å². The highest BCUT2D eigenvalue weighted by atomic mass is 35.5. The van der Waals surface area contributed by atoms with E-state index >= 15 is 0 Å². The molecule has 3 rings (SSSR count). The second-order valence-electron chi connectivity index (χ2n) is 5.10. The maximum absolute atomic E-state index is 13.1. The minimum Gasteiger partial charge on any atom is -0.337 e. The zero-order chi connectivity index (χ0) is 17.3. The molecule has 0 aliphatic carbocycles. The third kappa shape index (κ3) is 3.42. The third-order valence-corrected chi connectivity index (χ3v) is 5.07. The van der Waals surface area contributed by atoms with Crippen molar-refractivity contribution in [1.29, 1.82) is 0 Å². The van der Waals surface area contributed by atoms with Crippen LogP contribution in [0.1, 0.15) is 5.56 Å². The Bertz CT molecular complexity index is 985. The minimum atomic E-state index is -3.91. The van der Waals surface area contributed by atoms with E-state index in [0.717, 1.165) is 17.7 Å². The van der Waals surface area contributed by atoms with Gasteiger partial charge in [0.25, 0.3) is 10.0 Å². The predicted octanol–water partition coefficient (Wildman–Crippen LogP) is 4.24. The van der Waals surface area contributed by atoms with Gasteiger partial charge in [0.1, 0.15) is 11.5 Å². The molecule has 0 fully saturated rings. The first-order valence-electron chi connectivity index (χ1n) is 6.87. The smallest absolute Gasteiger partial charge is 0.264 e. The Balaban J connectivity index is 1.87. The van der Waals surface area contributed by atoms with Gasteiger partial charge in [-0.3, -0.25) is 0 Å². The van der Waals surface area contributed by atoms with Crippen molar-refractivity contribution in [3.8, 4) is 11.3 Å². The summed E-state index contributed by atoms with van der Waals surface area (Å²) in [5, 5.41) is 4.40. The summed E-state index contributed by atoms with van der Waals surface area (Å²) in [6.07, 6.45) is 0. The molecule has 0 radical (unpaired) electrons. The molecule has 0 atom stereocenters. The Morgan fingerprint density at radius 1 is 1.12 bits per heavy atom. The monoisotopic (exact) mass is 366 g/mol. The molecule has 0 bridgehead atoms. The summed E-state index contributed by atoms with van der Waals surface area (Å²) in [5.41, 5.74) is 1.48. The van der Waals surface area contributed by atoms with Crippen LogP contribution in [-0.4, -0.2) is 13.6 Å². The molecule has 3 aromatic rings. The minimum absolute atomic E-state index is 0.0339. The zero-order valence-corrected chi connectivity index (χ0v) is 14.0. The first kappa shape index (κ1) is 16.5. The van der Waals surface area contributed by atoms with Crippen molar-refractivity contribution >= 4 is 27.5 Å². The van der Waals surface area contributed by atoms with Crippen LogP contribution in [0.15, 0.2) is 57.9 Å². The van der Waals surface area contributed by atoms with Gasteiger partial charge in [-0.2, -0.15) is 0 Å². The fourth-order valence-electron chi connectivity index (χ4n) is 2.18. The van der Waals surface area contributed by atoms with Crippen LogP contribution in [0, 0.1) is 12.7 Å². The molecule has 1 aromatic heterocycles. The van der Waals surface area contributed by atoms with Gasteiger partial charge < -0.3 is 4.52 Å². The molecule has 1 heterocycles. The summed E-state index contributed by atoms with van der Waals surface area (Å²) in [6.45, 7) is 1.51. The van der Waals surface area contributed by atoms with E-state index < -0.39 is 15.8 Å². The summed E-state index contributed by atoms with van der Waals surface area (Å²) >= 11 is 5.82. The average molecular weight is 367 g/mol. The van der Waals surface area contributed by atoms with Gasteiger partial charge in [-0.05, 0) is 42.8 Å². The fourth-order valence-corrected chi connectivity index (χ4v) is 3.51.